The second-order valence-electron chi connectivity index (χ2n) is 5.26. The number of anilines is 1. The molecule has 0 spiro atoms. The van der Waals surface area contributed by atoms with Crippen molar-refractivity contribution in [2.24, 2.45) is 0 Å². The van der Waals surface area contributed by atoms with Gasteiger partial charge in [0, 0.05) is 44.8 Å². The van der Waals surface area contributed by atoms with Crippen molar-refractivity contribution in [3.05, 3.63) is 29.1 Å². The Hall–Kier alpha value is 0.0339. The van der Waals surface area contributed by atoms with E-state index >= 15 is 0 Å². The molecule has 1 aromatic carbocycles. The van der Waals surface area contributed by atoms with Crippen LogP contribution < -0.4 is 5.32 Å². The topological polar surface area (TPSA) is 29.1 Å². The number of quaternary nitrogens is 1. The first-order valence-corrected chi connectivity index (χ1v) is 6.65. The van der Waals surface area contributed by atoms with Crippen LogP contribution in [0.3, 0.4) is 0 Å². The predicted octanol–water partition coefficient (Wildman–Crippen LogP) is 2.70. The standard InChI is InChI=1S/C14H21FN2OS.Y/c1-6-12(17(4,5)19)14(18)16-13-9(2)7-11(15)8-10(13)3;/h7-8,12H,6H2,1-5H3,(H,16,18);. The Morgan fingerprint density at radius 3 is 2.15 bits per heavy atom. The zero-order valence-corrected chi connectivity index (χ0v) is 16.3. The first kappa shape index (κ1) is 20.0. The van der Waals surface area contributed by atoms with Gasteiger partial charge in [0.25, 0.3) is 5.91 Å². The summed E-state index contributed by atoms with van der Waals surface area (Å²) in [6.45, 7) is 5.49. The van der Waals surface area contributed by atoms with Crippen molar-refractivity contribution in [3.63, 3.8) is 0 Å². The van der Waals surface area contributed by atoms with E-state index in [4.69, 9.17) is 12.8 Å². The zero-order valence-electron chi connectivity index (χ0n) is 12.7. The maximum Gasteiger partial charge on any atom is 0.281 e. The molecule has 0 fully saturated rings. The molecule has 1 amide bonds. The smallest absolute Gasteiger partial charge is 0.281 e. The van der Waals surface area contributed by atoms with Gasteiger partial charge in [-0.2, -0.15) is 0 Å². The van der Waals surface area contributed by atoms with Gasteiger partial charge in [-0.05, 0) is 37.1 Å². The molecule has 109 valence electrons. The minimum Gasteiger partial charge on any atom is -0.494 e. The fraction of sp³-hybridized carbons (Fsp3) is 0.500. The van der Waals surface area contributed by atoms with E-state index in [2.05, 4.69) is 5.32 Å². The Morgan fingerprint density at radius 2 is 1.80 bits per heavy atom. The summed E-state index contributed by atoms with van der Waals surface area (Å²) in [5, 5.41) is 2.88. The molecule has 3 nitrogen and oxygen atoms in total. The third-order valence-corrected chi connectivity index (χ3v) is 3.44. The summed E-state index contributed by atoms with van der Waals surface area (Å²) in [6, 6.07) is 2.52. The number of nitrogens with zero attached hydrogens (tertiary/aromatic N) is 1. The van der Waals surface area contributed by atoms with E-state index in [0.29, 0.717) is 12.1 Å². The number of hydrogen-bond donors (Lipinski definition) is 1. The van der Waals surface area contributed by atoms with Crippen LogP contribution in [0, 0.1) is 19.7 Å². The third-order valence-electron chi connectivity index (χ3n) is 3.19. The Labute approximate surface area is 151 Å². The van der Waals surface area contributed by atoms with Crippen molar-refractivity contribution in [2.45, 2.75) is 33.2 Å². The summed E-state index contributed by atoms with van der Waals surface area (Å²) in [6.07, 6.45) is 0.654. The Bertz CT molecular complexity index is 466. The van der Waals surface area contributed by atoms with Gasteiger partial charge in [-0.25, -0.2) is 4.39 Å². The second kappa shape index (κ2) is 7.88. The van der Waals surface area contributed by atoms with Gasteiger partial charge in [-0.1, -0.05) is 6.92 Å². The van der Waals surface area contributed by atoms with Crippen LogP contribution in [0.2, 0.25) is 0 Å². The van der Waals surface area contributed by atoms with Gasteiger partial charge < -0.3 is 22.0 Å². The summed E-state index contributed by atoms with van der Waals surface area (Å²) in [5.41, 5.74) is 2.11. The number of rotatable bonds is 4. The fourth-order valence-corrected chi connectivity index (χ4v) is 2.47. The SMILES string of the molecule is CCC(C(=O)Nc1c(C)cc(F)cc1C)[N+](C)(C)[S-].[Y]. The van der Waals surface area contributed by atoms with Gasteiger partial charge in [0.15, 0.2) is 6.04 Å². The number of hydrogen-bond acceptors (Lipinski definition) is 2. The van der Waals surface area contributed by atoms with Crippen molar-refractivity contribution >= 4 is 24.4 Å². The van der Waals surface area contributed by atoms with E-state index < -0.39 is 0 Å². The number of carbonyl (C=O) groups is 1. The van der Waals surface area contributed by atoms with Crippen LogP contribution in [0.4, 0.5) is 10.1 Å². The van der Waals surface area contributed by atoms with Crippen LogP contribution in [-0.4, -0.2) is 29.9 Å². The monoisotopic (exact) mass is 373 g/mol. The van der Waals surface area contributed by atoms with Crippen LogP contribution in [0.25, 0.3) is 0 Å². The zero-order chi connectivity index (χ0) is 14.8. The summed E-state index contributed by atoms with van der Waals surface area (Å²) in [7, 11) is 3.63. The molecule has 20 heavy (non-hydrogen) atoms. The van der Waals surface area contributed by atoms with Crippen LogP contribution in [0.15, 0.2) is 12.1 Å². The van der Waals surface area contributed by atoms with E-state index in [1.165, 1.54) is 12.1 Å². The number of likely N-dealkylation sites (N-methyl/N-ethyl adjacent to an activating group) is 1. The summed E-state index contributed by atoms with van der Waals surface area (Å²) in [4.78, 5) is 12.3. The largest absolute Gasteiger partial charge is 0.494 e. The molecule has 1 unspecified atom stereocenters. The first-order valence-electron chi connectivity index (χ1n) is 6.29. The first-order chi connectivity index (χ1) is 8.66. The quantitative estimate of drug-likeness (QED) is 0.650. The molecule has 0 aromatic heterocycles. The van der Waals surface area contributed by atoms with E-state index in [9.17, 15) is 9.18 Å². The van der Waals surface area contributed by atoms with Gasteiger partial charge in [0.05, 0.1) is 14.1 Å². The van der Waals surface area contributed by atoms with Crippen molar-refractivity contribution in [2.75, 3.05) is 19.4 Å². The molecule has 6 heteroatoms. The average molecular weight is 373 g/mol. The summed E-state index contributed by atoms with van der Waals surface area (Å²) < 4.78 is 13.4. The summed E-state index contributed by atoms with van der Waals surface area (Å²) in [5.74, 6) is -0.417. The number of benzene rings is 1. The Morgan fingerprint density at radius 1 is 1.35 bits per heavy atom. The van der Waals surface area contributed by atoms with E-state index in [1.807, 2.05) is 21.0 Å². The maximum atomic E-state index is 13.2. The number of aryl methyl sites for hydroxylation is 2. The third kappa shape index (κ3) is 5.10. The van der Waals surface area contributed by atoms with Crippen molar-refractivity contribution in [1.82, 2.24) is 0 Å². The number of nitrogens with one attached hydrogen (secondary N) is 1. The minimum absolute atomic E-state index is 0. The molecule has 0 heterocycles. The molecular formula is C14H21FN2OSY. The van der Waals surface area contributed by atoms with Crippen LogP contribution in [0.5, 0.6) is 0 Å². The number of amides is 1. The predicted molar refractivity (Wildman–Crippen MR) is 78.1 cm³/mol. The number of carbonyl (C=O) groups excluding carboxylic acids is 1. The normalized spacial score (nSPS) is 12.6. The number of halogens is 1. The maximum absolute atomic E-state index is 13.2. The second-order valence-corrected chi connectivity index (χ2v) is 6.20. The minimum atomic E-state index is -0.307. The molecule has 1 aromatic rings. The van der Waals surface area contributed by atoms with E-state index in [0.717, 1.165) is 11.1 Å². The molecular weight excluding hydrogens is 352 g/mol. The van der Waals surface area contributed by atoms with Crippen LogP contribution in [-0.2, 0) is 50.3 Å². The van der Waals surface area contributed by atoms with E-state index in [1.54, 1.807) is 13.8 Å². The Balaban J connectivity index is 0.00000361. The average Bonchev–Trinajstić information content (AvgIpc) is 2.22. The molecule has 1 rings (SSSR count). The van der Waals surface area contributed by atoms with Crippen molar-refractivity contribution < 1.29 is 45.8 Å². The molecule has 0 saturated heterocycles. The molecule has 0 aliphatic carbocycles. The van der Waals surface area contributed by atoms with E-state index in [-0.39, 0.29) is 54.4 Å². The molecule has 0 aliphatic heterocycles. The van der Waals surface area contributed by atoms with Gasteiger partial charge in [-0.3, -0.25) is 4.79 Å². The van der Waals surface area contributed by atoms with Crippen molar-refractivity contribution in [1.29, 1.82) is 0 Å². The van der Waals surface area contributed by atoms with Crippen molar-refractivity contribution in [3.8, 4) is 0 Å². The van der Waals surface area contributed by atoms with Crippen LogP contribution >= 0.6 is 0 Å². The molecule has 1 N–H and O–H groups in total. The van der Waals surface area contributed by atoms with Gasteiger partial charge in [0.1, 0.15) is 5.82 Å². The molecule has 0 bridgehead atoms. The fourth-order valence-electron chi connectivity index (χ4n) is 2.22. The molecule has 0 aliphatic rings. The van der Waals surface area contributed by atoms with Gasteiger partial charge in [-0.15, -0.1) is 0 Å². The van der Waals surface area contributed by atoms with Gasteiger partial charge >= 0.3 is 0 Å². The van der Waals surface area contributed by atoms with Gasteiger partial charge in [0.2, 0.25) is 0 Å². The molecule has 1 atom stereocenters. The van der Waals surface area contributed by atoms with Crippen LogP contribution in [0.1, 0.15) is 24.5 Å². The summed E-state index contributed by atoms with van der Waals surface area (Å²) >= 11 is 5.30. The Kier molecular flexibility index (Phi) is 7.89. The molecule has 0 saturated carbocycles. The molecule has 1 radical (unpaired) electrons.